The molecule has 2 aromatic rings. The lowest BCUT2D eigenvalue weighted by molar-refractivity contribution is 0.0897. The summed E-state index contributed by atoms with van der Waals surface area (Å²) in [6.45, 7) is 3.96. The van der Waals surface area contributed by atoms with Crippen molar-refractivity contribution in [2.75, 3.05) is 6.61 Å². The smallest absolute Gasteiger partial charge is 0.251 e. The Kier molecular flexibility index (Phi) is 4.71. The lowest BCUT2D eigenvalue weighted by Crippen LogP contribution is -2.41. The summed E-state index contributed by atoms with van der Waals surface area (Å²) in [6, 6.07) is 5.66. The van der Waals surface area contributed by atoms with Gasteiger partial charge in [0.1, 0.15) is 0 Å². The molecule has 0 radical (unpaired) electrons. The second-order valence-electron chi connectivity index (χ2n) is 6.91. The van der Waals surface area contributed by atoms with Crippen LogP contribution in [0.15, 0.2) is 18.2 Å². The third-order valence-electron chi connectivity index (χ3n) is 4.93. The van der Waals surface area contributed by atoms with E-state index in [0.717, 1.165) is 18.4 Å². The van der Waals surface area contributed by atoms with E-state index in [9.17, 15) is 9.90 Å². The monoisotopic (exact) mass is 314 g/mol. The number of carbonyl (C=O) groups is 1. The molecule has 0 aliphatic heterocycles. The van der Waals surface area contributed by atoms with Gasteiger partial charge in [0.15, 0.2) is 0 Å². The Balaban J connectivity index is 1.90. The fraction of sp³-hybridized carbons (Fsp3) is 0.526. The summed E-state index contributed by atoms with van der Waals surface area (Å²) in [5, 5.41) is 13.5. The van der Waals surface area contributed by atoms with Crippen molar-refractivity contribution in [2.45, 2.75) is 52.0 Å². The van der Waals surface area contributed by atoms with Crippen LogP contribution >= 0.6 is 0 Å². The number of fused-ring (bicyclic) bond motifs is 3. The fourth-order valence-corrected chi connectivity index (χ4v) is 3.40. The predicted molar refractivity (Wildman–Crippen MR) is 92.7 cm³/mol. The van der Waals surface area contributed by atoms with Gasteiger partial charge in [0.2, 0.25) is 0 Å². The van der Waals surface area contributed by atoms with Crippen molar-refractivity contribution in [1.29, 1.82) is 0 Å². The third-order valence-corrected chi connectivity index (χ3v) is 4.93. The molecule has 1 unspecified atom stereocenters. The molecule has 1 aliphatic carbocycles. The number of aromatic nitrogens is 1. The molecule has 1 amide bonds. The largest absolute Gasteiger partial charge is 0.394 e. The SMILES string of the molecule is CC(C)C(CO)NC(=O)c1ccc2[nH]c3c(c2c1)CCCCC3. The van der Waals surface area contributed by atoms with Gasteiger partial charge in [-0.2, -0.15) is 0 Å². The number of aliphatic hydroxyl groups excluding tert-OH is 1. The first-order chi connectivity index (χ1) is 11.1. The first-order valence-electron chi connectivity index (χ1n) is 8.65. The second-order valence-corrected chi connectivity index (χ2v) is 6.91. The van der Waals surface area contributed by atoms with Gasteiger partial charge in [0, 0.05) is 22.2 Å². The summed E-state index contributed by atoms with van der Waals surface area (Å²) in [4.78, 5) is 16.0. The average molecular weight is 314 g/mol. The van der Waals surface area contributed by atoms with Gasteiger partial charge in [-0.25, -0.2) is 0 Å². The van der Waals surface area contributed by atoms with Crippen LogP contribution in [0.1, 0.15) is 54.7 Å². The van der Waals surface area contributed by atoms with E-state index in [1.165, 1.54) is 35.9 Å². The predicted octanol–water partition coefficient (Wildman–Crippen LogP) is 3.18. The van der Waals surface area contributed by atoms with Gasteiger partial charge in [0.25, 0.3) is 5.91 Å². The Morgan fingerprint density at radius 3 is 2.78 bits per heavy atom. The first-order valence-corrected chi connectivity index (χ1v) is 8.65. The van der Waals surface area contributed by atoms with Gasteiger partial charge < -0.3 is 15.4 Å². The summed E-state index contributed by atoms with van der Waals surface area (Å²) < 4.78 is 0. The number of rotatable bonds is 4. The van der Waals surface area contributed by atoms with E-state index >= 15 is 0 Å². The van der Waals surface area contributed by atoms with Crippen molar-refractivity contribution in [1.82, 2.24) is 10.3 Å². The van der Waals surface area contributed by atoms with E-state index in [4.69, 9.17) is 0 Å². The minimum Gasteiger partial charge on any atom is -0.394 e. The maximum absolute atomic E-state index is 12.5. The summed E-state index contributed by atoms with van der Waals surface area (Å²) in [5.41, 5.74) is 4.51. The van der Waals surface area contributed by atoms with E-state index in [1.54, 1.807) is 0 Å². The van der Waals surface area contributed by atoms with Crippen molar-refractivity contribution in [3.63, 3.8) is 0 Å². The highest BCUT2D eigenvalue weighted by Crippen LogP contribution is 2.29. The zero-order valence-electron chi connectivity index (χ0n) is 14.0. The minimum absolute atomic E-state index is 0.0365. The molecule has 4 heteroatoms. The van der Waals surface area contributed by atoms with E-state index < -0.39 is 0 Å². The number of amides is 1. The van der Waals surface area contributed by atoms with Crippen LogP contribution in [0.2, 0.25) is 0 Å². The molecule has 1 aromatic carbocycles. The van der Waals surface area contributed by atoms with Crippen molar-refractivity contribution in [3.05, 3.63) is 35.0 Å². The van der Waals surface area contributed by atoms with Crippen LogP contribution in [0.25, 0.3) is 10.9 Å². The summed E-state index contributed by atoms with van der Waals surface area (Å²) >= 11 is 0. The zero-order valence-corrected chi connectivity index (χ0v) is 14.0. The van der Waals surface area contributed by atoms with Crippen LogP contribution in [-0.2, 0) is 12.8 Å². The number of aromatic amines is 1. The van der Waals surface area contributed by atoms with Crippen LogP contribution < -0.4 is 5.32 Å². The number of carbonyl (C=O) groups excluding carboxylic acids is 1. The lowest BCUT2D eigenvalue weighted by atomic mass is 10.0. The van der Waals surface area contributed by atoms with Crippen molar-refractivity contribution >= 4 is 16.8 Å². The van der Waals surface area contributed by atoms with E-state index in [-0.39, 0.29) is 24.5 Å². The Morgan fingerprint density at radius 2 is 2.04 bits per heavy atom. The second kappa shape index (κ2) is 6.75. The molecule has 23 heavy (non-hydrogen) atoms. The Morgan fingerprint density at radius 1 is 1.26 bits per heavy atom. The third kappa shape index (κ3) is 3.27. The Labute approximate surface area is 137 Å². The molecule has 0 fully saturated rings. The maximum atomic E-state index is 12.5. The van der Waals surface area contributed by atoms with Crippen molar-refractivity contribution in [3.8, 4) is 0 Å². The summed E-state index contributed by atoms with van der Waals surface area (Å²) in [6.07, 6.45) is 5.92. The standard InChI is InChI=1S/C19H26N2O2/c1-12(2)18(11-22)21-19(23)13-8-9-17-15(10-13)14-6-4-3-5-7-16(14)20-17/h8-10,12,18,20,22H,3-7,11H2,1-2H3,(H,21,23). The molecule has 0 spiro atoms. The number of H-pyrrole nitrogens is 1. The molecule has 1 aromatic heterocycles. The van der Waals surface area contributed by atoms with Crippen LogP contribution in [-0.4, -0.2) is 28.6 Å². The molecule has 3 rings (SSSR count). The quantitative estimate of drug-likeness (QED) is 0.759. The normalized spacial score (nSPS) is 16.2. The molecular formula is C19H26N2O2. The first kappa shape index (κ1) is 16.1. The van der Waals surface area contributed by atoms with Crippen LogP contribution in [0.5, 0.6) is 0 Å². The number of nitrogens with one attached hydrogen (secondary N) is 2. The van der Waals surface area contributed by atoms with Gasteiger partial charge in [-0.3, -0.25) is 4.79 Å². The van der Waals surface area contributed by atoms with E-state index in [1.807, 2.05) is 32.0 Å². The van der Waals surface area contributed by atoms with E-state index in [0.29, 0.717) is 5.56 Å². The molecule has 0 bridgehead atoms. The summed E-state index contributed by atoms with van der Waals surface area (Å²) in [5.74, 6) is 0.0967. The number of hydrogen-bond donors (Lipinski definition) is 3. The van der Waals surface area contributed by atoms with Gasteiger partial charge in [0.05, 0.1) is 12.6 Å². The highest BCUT2D eigenvalue weighted by Gasteiger charge is 2.18. The van der Waals surface area contributed by atoms with Crippen LogP contribution in [0.3, 0.4) is 0 Å². The van der Waals surface area contributed by atoms with Gasteiger partial charge in [-0.1, -0.05) is 20.3 Å². The molecule has 0 saturated heterocycles. The molecule has 1 heterocycles. The van der Waals surface area contributed by atoms with Crippen LogP contribution in [0, 0.1) is 5.92 Å². The van der Waals surface area contributed by atoms with Crippen LogP contribution in [0.4, 0.5) is 0 Å². The van der Waals surface area contributed by atoms with Crippen molar-refractivity contribution < 1.29 is 9.90 Å². The fourth-order valence-electron chi connectivity index (χ4n) is 3.40. The molecular weight excluding hydrogens is 288 g/mol. The zero-order chi connectivity index (χ0) is 16.4. The highest BCUT2D eigenvalue weighted by atomic mass is 16.3. The van der Waals surface area contributed by atoms with Crippen molar-refractivity contribution in [2.24, 2.45) is 5.92 Å². The highest BCUT2D eigenvalue weighted by molar-refractivity contribution is 5.99. The molecule has 124 valence electrons. The molecule has 3 N–H and O–H groups in total. The van der Waals surface area contributed by atoms with Gasteiger partial charge >= 0.3 is 0 Å². The Hall–Kier alpha value is -1.81. The maximum Gasteiger partial charge on any atom is 0.251 e. The number of aryl methyl sites for hydroxylation is 2. The molecule has 0 saturated carbocycles. The van der Waals surface area contributed by atoms with E-state index in [2.05, 4.69) is 10.3 Å². The summed E-state index contributed by atoms with van der Waals surface area (Å²) in [7, 11) is 0. The minimum atomic E-state index is -0.207. The van der Waals surface area contributed by atoms with Gasteiger partial charge in [-0.15, -0.1) is 0 Å². The topological polar surface area (TPSA) is 65.1 Å². The lowest BCUT2D eigenvalue weighted by Gasteiger charge is -2.19. The average Bonchev–Trinajstić information content (AvgIpc) is 2.72. The molecule has 1 aliphatic rings. The number of aliphatic hydroxyl groups is 1. The molecule has 4 nitrogen and oxygen atoms in total. The number of benzene rings is 1. The Bertz CT molecular complexity index is 703. The number of hydrogen-bond acceptors (Lipinski definition) is 2. The van der Waals surface area contributed by atoms with Gasteiger partial charge in [-0.05, 0) is 55.4 Å². The molecule has 1 atom stereocenters.